The van der Waals surface area contributed by atoms with Gasteiger partial charge in [0.2, 0.25) is 0 Å². The molecule has 0 bridgehead atoms. The molecule has 0 aromatic heterocycles. The molecule has 2 fully saturated rings. The molecule has 0 aromatic carbocycles. The molecular weight excluding hydrogens is 158 g/mol. The molecule has 0 aliphatic heterocycles. The van der Waals surface area contributed by atoms with E-state index in [9.17, 15) is 0 Å². The van der Waals surface area contributed by atoms with Crippen molar-refractivity contribution >= 4 is 0 Å². The molecule has 1 unspecified atom stereocenters. The molecule has 2 rings (SSSR count). The third-order valence-electron chi connectivity index (χ3n) is 3.26. The first kappa shape index (κ1) is 9.09. The fourth-order valence-corrected chi connectivity index (χ4v) is 2.08. The maximum atomic E-state index is 5.46. The number of nitrogens with one attached hydrogen (secondary N) is 1. The van der Waals surface area contributed by atoms with E-state index in [4.69, 9.17) is 6.42 Å². The quantitative estimate of drug-likeness (QED) is 0.635. The van der Waals surface area contributed by atoms with Crippen LogP contribution in [0.3, 0.4) is 0 Å². The molecule has 1 N–H and O–H groups in total. The van der Waals surface area contributed by atoms with Crippen molar-refractivity contribution < 1.29 is 0 Å². The number of hydrogen-bond donors (Lipinski definition) is 1. The normalized spacial score (nSPS) is 24.4. The van der Waals surface area contributed by atoms with Crippen LogP contribution < -0.4 is 5.32 Å². The standard InChI is InChI=1S/C12H19N/c1-3-11(4-2)13-12(9-5-6-9)10-7-8-10/h1,9-13H,4-8H2,2H3. The van der Waals surface area contributed by atoms with Gasteiger partial charge in [-0.3, -0.25) is 0 Å². The van der Waals surface area contributed by atoms with Crippen LogP contribution in [0, 0.1) is 24.2 Å². The summed E-state index contributed by atoms with van der Waals surface area (Å²) in [7, 11) is 0. The summed E-state index contributed by atoms with van der Waals surface area (Å²) in [6.07, 6.45) is 12.2. The van der Waals surface area contributed by atoms with E-state index in [1.54, 1.807) is 0 Å². The van der Waals surface area contributed by atoms with Crippen molar-refractivity contribution in [1.82, 2.24) is 5.32 Å². The van der Waals surface area contributed by atoms with Crippen LogP contribution in [0.25, 0.3) is 0 Å². The van der Waals surface area contributed by atoms with Gasteiger partial charge < -0.3 is 5.32 Å². The van der Waals surface area contributed by atoms with Gasteiger partial charge in [0, 0.05) is 6.04 Å². The Labute approximate surface area is 81.3 Å². The Morgan fingerprint density at radius 3 is 2.15 bits per heavy atom. The SMILES string of the molecule is C#CC(CC)NC(C1CC1)C1CC1. The molecule has 0 heterocycles. The Kier molecular flexibility index (Phi) is 2.60. The largest absolute Gasteiger partial charge is 0.300 e. The van der Waals surface area contributed by atoms with E-state index in [2.05, 4.69) is 18.2 Å². The highest BCUT2D eigenvalue weighted by Crippen LogP contribution is 2.44. The zero-order valence-corrected chi connectivity index (χ0v) is 8.42. The molecule has 0 radical (unpaired) electrons. The molecular formula is C12H19N. The van der Waals surface area contributed by atoms with Gasteiger partial charge in [-0.1, -0.05) is 12.8 Å². The highest BCUT2D eigenvalue weighted by Gasteiger charge is 2.41. The van der Waals surface area contributed by atoms with Crippen LogP contribution in [0.2, 0.25) is 0 Å². The van der Waals surface area contributed by atoms with Crippen LogP contribution in [-0.2, 0) is 0 Å². The summed E-state index contributed by atoms with van der Waals surface area (Å²) < 4.78 is 0. The van der Waals surface area contributed by atoms with Gasteiger partial charge in [-0.15, -0.1) is 6.42 Å². The van der Waals surface area contributed by atoms with Crippen molar-refractivity contribution in [2.24, 2.45) is 11.8 Å². The Hall–Kier alpha value is -0.480. The van der Waals surface area contributed by atoms with Gasteiger partial charge in [-0.05, 0) is 43.9 Å². The van der Waals surface area contributed by atoms with E-state index in [1.807, 2.05) is 0 Å². The topological polar surface area (TPSA) is 12.0 Å². The van der Waals surface area contributed by atoms with Gasteiger partial charge in [0.05, 0.1) is 6.04 Å². The first-order valence-electron chi connectivity index (χ1n) is 5.57. The minimum atomic E-state index is 0.311. The second-order valence-corrected chi connectivity index (χ2v) is 4.49. The molecule has 72 valence electrons. The third-order valence-corrected chi connectivity index (χ3v) is 3.26. The number of hydrogen-bond acceptors (Lipinski definition) is 1. The van der Waals surface area contributed by atoms with Crippen LogP contribution >= 0.6 is 0 Å². The molecule has 0 spiro atoms. The molecule has 1 nitrogen and oxygen atoms in total. The van der Waals surface area contributed by atoms with E-state index < -0.39 is 0 Å². The Morgan fingerprint density at radius 2 is 1.85 bits per heavy atom. The van der Waals surface area contributed by atoms with Crippen LogP contribution in [0.15, 0.2) is 0 Å². The van der Waals surface area contributed by atoms with Crippen molar-refractivity contribution in [3.63, 3.8) is 0 Å². The van der Waals surface area contributed by atoms with Crippen molar-refractivity contribution in [2.75, 3.05) is 0 Å². The highest BCUT2D eigenvalue weighted by atomic mass is 15.0. The minimum Gasteiger partial charge on any atom is -0.300 e. The fraction of sp³-hybridized carbons (Fsp3) is 0.833. The Bertz CT molecular complexity index is 196. The smallest absolute Gasteiger partial charge is 0.0686 e. The number of terminal acetylenes is 1. The lowest BCUT2D eigenvalue weighted by Gasteiger charge is -2.21. The van der Waals surface area contributed by atoms with Crippen LogP contribution in [0.5, 0.6) is 0 Å². The average molecular weight is 177 g/mol. The molecule has 2 aliphatic carbocycles. The predicted molar refractivity (Wildman–Crippen MR) is 55.3 cm³/mol. The Balaban J connectivity index is 1.85. The monoisotopic (exact) mass is 177 g/mol. The maximum Gasteiger partial charge on any atom is 0.0686 e. The summed E-state index contributed by atoms with van der Waals surface area (Å²) in [5, 5.41) is 3.64. The summed E-state index contributed by atoms with van der Waals surface area (Å²) in [6.45, 7) is 2.16. The molecule has 1 heteroatoms. The second-order valence-electron chi connectivity index (χ2n) is 4.49. The van der Waals surface area contributed by atoms with E-state index in [0.717, 1.165) is 24.3 Å². The van der Waals surface area contributed by atoms with E-state index in [-0.39, 0.29) is 0 Å². The first-order valence-corrected chi connectivity index (χ1v) is 5.57. The lowest BCUT2D eigenvalue weighted by molar-refractivity contribution is 0.389. The highest BCUT2D eigenvalue weighted by molar-refractivity contribution is 5.04. The lowest BCUT2D eigenvalue weighted by Crippen LogP contribution is -2.40. The summed E-state index contributed by atoms with van der Waals surface area (Å²) >= 11 is 0. The summed E-state index contributed by atoms with van der Waals surface area (Å²) in [6, 6.07) is 1.06. The summed E-state index contributed by atoms with van der Waals surface area (Å²) in [5.41, 5.74) is 0. The van der Waals surface area contributed by atoms with Gasteiger partial charge in [0.25, 0.3) is 0 Å². The van der Waals surface area contributed by atoms with Gasteiger partial charge >= 0.3 is 0 Å². The van der Waals surface area contributed by atoms with Crippen LogP contribution in [0.4, 0.5) is 0 Å². The maximum absolute atomic E-state index is 5.46. The molecule has 13 heavy (non-hydrogen) atoms. The van der Waals surface area contributed by atoms with Gasteiger partial charge in [0.15, 0.2) is 0 Å². The van der Waals surface area contributed by atoms with Gasteiger partial charge in [-0.2, -0.15) is 0 Å². The van der Waals surface area contributed by atoms with Gasteiger partial charge in [-0.25, -0.2) is 0 Å². The van der Waals surface area contributed by atoms with Crippen molar-refractivity contribution in [1.29, 1.82) is 0 Å². The zero-order chi connectivity index (χ0) is 9.26. The average Bonchev–Trinajstić information content (AvgIpc) is 3.01. The second kappa shape index (κ2) is 3.72. The summed E-state index contributed by atoms with van der Waals surface area (Å²) in [4.78, 5) is 0. The van der Waals surface area contributed by atoms with Crippen LogP contribution in [0.1, 0.15) is 39.0 Å². The molecule has 0 amide bonds. The Morgan fingerprint density at radius 1 is 1.31 bits per heavy atom. The van der Waals surface area contributed by atoms with Crippen molar-refractivity contribution in [2.45, 2.75) is 51.1 Å². The van der Waals surface area contributed by atoms with E-state index >= 15 is 0 Å². The van der Waals surface area contributed by atoms with Gasteiger partial charge in [0.1, 0.15) is 0 Å². The summed E-state index contributed by atoms with van der Waals surface area (Å²) in [5.74, 6) is 4.74. The van der Waals surface area contributed by atoms with E-state index in [1.165, 1.54) is 25.7 Å². The van der Waals surface area contributed by atoms with Crippen molar-refractivity contribution in [3.05, 3.63) is 0 Å². The molecule has 2 saturated carbocycles. The van der Waals surface area contributed by atoms with Crippen molar-refractivity contribution in [3.8, 4) is 12.3 Å². The zero-order valence-electron chi connectivity index (χ0n) is 8.42. The predicted octanol–water partition coefficient (Wildman–Crippen LogP) is 2.18. The van der Waals surface area contributed by atoms with Crippen LogP contribution in [-0.4, -0.2) is 12.1 Å². The van der Waals surface area contributed by atoms with E-state index in [0.29, 0.717) is 6.04 Å². The minimum absolute atomic E-state index is 0.311. The first-order chi connectivity index (χ1) is 6.35. The number of rotatable bonds is 5. The molecule has 0 aromatic rings. The molecule has 2 aliphatic rings. The molecule has 0 saturated heterocycles. The third kappa shape index (κ3) is 2.25. The lowest BCUT2D eigenvalue weighted by atomic mass is 10.1. The fourth-order valence-electron chi connectivity index (χ4n) is 2.08. The molecule has 1 atom stereocenters.